The summed E-state index contributed by atoms with van der Waals surface area (Å²) in [6.45, 7) is 3.17. The second kappa shape index (κ2) is 13.1. The molecule has 0 saturated heterocycles. The molecule has 0 aromatic heterocycles. The molecule has 0 spiro atoms. The van der Waals surface area contributed by atoms with Gasteiger partial charge in [0.25, 0.3) is 5.69 Å². The van der Waals surface area contributed by atoms with Crippen LogP contribution in [0.2, 0.25) is 0 Å². The molecule has 14 heteroatoms. The van der Waals surface area contributed by atoms with Crippen LogP contribution in [-0.2, 0) is 28.7 Å². The standard InChI is InChI=1S/C34H42N2O12/c1-32-12-10-21(37)15-19(32)6-7-22-23-11-13-34(45,33(23,2)16-24(38)28(22)32)25(39)17-48-27(41)9-8-26(40)35-29(31(43)44)30(42)18-4-3-5-20(14-18)36(46)47/h3-5,14-15,22-24,28-30,38,42,45H,6-13,16-17H2,1-2H3,(H,35,40)(H,43,44). The van der Waals surface area contributed by atoms with Gasteiger partial charge in [0, 0.05) is 30.4 Å². The Morgan fingerprint density at radius 2 is 1.85 bits per heavy atom. The fourth-order valence-electron chi connectivity index (χ4n) is 9.24. The third-order valence-corrected chi connectivity index (χ3v) is 11.8. The minimum atomic E-state index is -1.87. The highest BCUT2D eigenvalue weighted by atomic mass is 16.6. The van der Waals surface area contributed by atoms with Crippen molar-refractivity contribution in [3.05, 3.63) is 51.6 Å². The maximum Gasteiger partial charge on any atom is 0.329 e. The number of ether oxygens (including phenoxy) is 1. The molecule has 1 aromatic rings. The molecule has 0 aliphatic heterocycles. The summed E-state index contributed by atoms with van der Waals surface area (Å²) < 4.78 is 5.13. The van der Waals surface area contributed by atoms with Gasteiger partial charge in [0.15, 0.2) is 18.4 Å². The Hall–Kier alpha value is -4.01. The molecule has 4 aliphatic carbocycles. The third kappa shape index (κ3) is 6.16. The Morgan fingerprint density at radius 3 is 2.54 bits per heavy atom. The van der Waals surface area contributed by atoms with E-state index in [0.717, 1.165) is 30.5 Å². The van der Waals surface area contributed by atoms with Crippen LogP contribution in [0.5, 0.6) is 0 Å². The van der Waals surface area contributed by atoms with Crippen molar-refractivity contribution in [3.8, 4) is 0 Å². The van der Waals surface area contributed by atoms with Crippen LogP contribution in [0.25, 0.3) is 0 Å². The molecule has 14 nitrogen and oxygen atoms in total. The molecule has 4 aliphatic rings. The molecule has 1 aromatic carbocycles. The van der Waals surface area contributed by atoms with E-state index in [9.17, 15) is 54.5 Å². The number of carboxylic acid groups (broad SMARTS) is 1. The number of nitrogens with one attached hydrogen (secondary N) is 1. The Kier molecular flexibility index (Phi) is 9.65. The number of nitro groups is 1. The molecule has 1 amide bonds. The number of nitrogens with zero attached hydrogens (tertiary/aromatic N) is 1. The zero-order valence-corrected chi connectivity index (χ0v) is 26.9. The first kappa shape index (κ1) is 35.3. The van der Waals surface area contributed by atoms with Crippen LogP contribution in [-0.4, -0.2) is 79.1 Å². The fourth-order valence-corrected chi connectivity index (χ4v) is 9.24. The van der Waals surface area contributed by atoms with Crippen LogP contribution in [0, 0.1) is 38.7 Å². The van der Waals surface area contributed by atoms with Gasteiger partial charge in [0.1, 0.15) is 11.7 Å². The van der Waals surface area contributed by atoms with Gasteiger partial charge in [-0.05, 0) is 73.3 Å². The molecule has 0 bridgehead atoms. The Morgan fingerprint density at radius 1 is 1.12 bits per heavy atom. The quantitative estimate of drug-likeness (QED) is 0.130. The topological polar surface area (TPSA) is 231 Å². The van der Waals surface area contributed by atoms with Gasteiger partial charge in [-0.3, -0.25) is 29.3 Å². The number of non-ortho nitro benzene ring substituents is 1. The number of aliphatic hydroxyl groups excluding tert-OH is 2. The fraction of sp³-hybridized carbons (Fsp3) is 0.618. The Balaban J connectivity index is 1.16. The highest BCUT2D eigenvalue weighted by Crippen LogP contribution is 2.67. The molecule has 9 atom stereocenters. The number of fused-ring (bicyclic) bond motifs is 5. The van der Waals surface area contributed by atoms with Crippen molar-refractivity contribution in [1.82, 2.24) is 5.32 Å². The lowest BCUT2D eigenvalue weighted by Gasteiger charge is -2.60. The summed E-state index contributed by atoms with van der Waals surface area (Å²) in [7, 11) is 0. The number of ketones is 2. The number of allylic oxidation sites excluding steroid dienone is 1. The van der Waals surface area contributed by atoms with Gasteiger partial charge in [-0.25, -0.2) is 4.79 Å². The summed E-state index contributed by atoms with van der Waals surface area (Å²) in [5, 5.41) is 56.6. The van der Waals surface area contributed by atoms with E-state index in [-0.39, 0.29) is 53.0 Å². The Labute approximate surface area is 276 Å². The van der Waals surface area contributed by atoms with E-state index in [1.165, 1.54) is 12.1 Å². The maximum atomic E-state index is 13.5. The van der Waals surface area contributed by atoms with Crippen LogP contribution < -0.4 is 5.32 Å². The molecule has 9 unspecified atom stereocenters. The first-order chi connectivity index (χ1) is 22.5. The molecule has 5 N–H and O–H groups in total. The number of aliphatic hydroxyl groups is 3. The minimum absolute atomic E-state index is 0.0437. The highest BCUT2D eigenvalue weighted by molar-refractivity contribution is 5.92. The summed E-state index contributed by atoms with van der Waals surface area (Å²) in [5.74, 6) is -4.19. The number of amides is 1. The van der Waals surface area contributed by atoms with E-state index in [0.29, 0.717) is 19.3 Å². The number of esters is 1. The number of carbonyl (C=O) groups is 5. The van der Waals surface area contributed by atoms with Crippen molar-refractivity contribution >= 4 is 35.1 Å². The van der Waals surface area contributed by atoms with Gasteiger partial charge in [0.2, 0.25) is 11.7 Å². The van der Waals surface area contributed by atoms with E-state index >= 15 is 0 Å². The van der Waals surface area contributed by atoms with Crippen molar-refractivity contribution < 1.29 is 54.1 Å². The van der Waals surface area contributed by atoms with Crippen molar-refractivity contribution in [2.75, 3.05) is 6.61 Å². The van der Waals surface area contributed by atoms with Gasteiger partial charge in [-0.1, -0.05) is 31.6 Å². The minimum Gasteiger partial charge on any atom is -0.480 e. The smallest absolute Gasteiger partial charge is 0.329 e. The van der Waals surface area contributed by atoms with Crippen LogP contribution in [0.1, 0.15) is 83.3 Å². The van der Waals surface area contributed by atoms with Crippen molar-refractivity contribution in [2.24, 2.45) is 28.6 Å². The number of aliphatic carboxylic acids is 1. The highest BCUT2D eigenvalue weighted by Gasteiger charge is 2.68. The number of rotatable bonds is 11. The predicted octanol–water partition coefficient (Wildman–Crippen LogP) is 2.32. The lowest BCUT2D eigenvalue weighted by Crippen LogP contribution is -2.62. The molecule has 5 rings (SSSR count). The number of benzene rings is 1. The zero-order valence-electron chi connectivity index (χ0n) is 26.9. The Bertz CT molecular complexity index is 1560. The SMILES string of the molecule is CC12CCC(=O)C=C1CCC1C2C(O)CC2(C)C1CCC2(O)C(=O)COC(=O)CCC(=O)NC(C(=O)O)C(O)c1cccc([N+](=O)[O-])c1. The van der Waals surface area contributed by atoms with Crippen molar-refractivity contribution in [2.45, 2.75) is 95.5 Å². The number of carbonyl (C=O) groups excluding carboxylic acids is 4. The van der Waals surface area contributed by atoms with E-state index in [2.05, 4.69) is 12.2 Å². The van der Waals surface area contributed by atoms with E-state index < -0.39 is 77.3 Å². The van der Waals surface area contributed by atoms with Gasteiger partial charge >= 0.3 is 11.9 Å². The van der Waals surface area contributed by atoms with Crippen LogP contribution in [0.4, 0.5) is 5.69 Å². The second-order valence-corrected chi connectivity index (χ2v) is 14.2. The van der Waals surface area contributed by atoms with Crippen LogP contribution in [0.15, 0.2) is 35.9 Å². The maximum absolute atomic E-state index is 13.5. The predicted molar refractivity (Wildman–Crippen MR) is 166 cm³/mol. The lowest BCUT2D eigenvalue weighted by molar-refractivity contribution is -0.385. The number of nitro benzene ring substituents is 1. The molecule has 3 saturated carbocycles. The first-order valence-corrected chi connectivity index (χ1v) is 16.3. The van der Waals surface area contributed by atoms with Gasteiger partial charge in [0.05, 0.1) is 17.4 Å². The van der Waals surface area contributed by atoms with Crippen LogP contribution in [0.3, 0.4) is 0 Å². The van der Waals surface area contributed by atoms with Crippen LogP contribution >= 0.6 is 0 Å². The number of Topliss-reactive ketones (excluding diaryl/α,β-unsaturated/α-hetero) is 1. The summed E-state index contributed by atoms with van der Waals surface area (Å²) in [6, 6.07) is 2.79. The first-order valence-electron chi connectivity index (χ1n) is 16.3. The molecule has 48 heavy (non-hydrogen) atoms. The van der Waals surface area contributed by atoms with Crippen molar-refractivity contribution in [1.29, 1.82) is 0 Å². The average Bonchev–Trinajstić information content (AvgIpc) is 3.31. The number of hydrogen-bond donors (Lipinski definition) is 5. The van der Waals surface area contributed by atoms with Gasteiger partial charge in [-0.15, -0.1) is 0 Å². The molecule has 3 fully saturated rings. The second-order valence-electron chi connectivity index (χ2n) is 14.2. The largest absolute Gasteiger partial charge is 0.480 e. The molecule has 260 valence electrons. The summed E-state index contributed by atoms with van der Waals surface area (Å²) in [4.78, 5) is 72.7. The molecule has 0 heterocycles. The van der Waals surface area contributed by atoms with Gasteiger partial charge in [-0.2, -0.15) is 0 Å². The summed E-state index contributed by atoms with van der Waals surface area (Å²) >= 11 is 0. The third-order valence-electron chi connectivity index (χ3n) is 11.8. The monoisotopic (exact) mass is 670 g/mol. The lowest BCUT2D eigenvalue weighted by atomic mass is 9.45. The number of hydrogen-bond acceptors (Lipinski definition) is 11. The van der Waals surface area contributed by atoms with E-state index in [1.54, 1.807) is 6.08 Å². The zero-order chi connectivity index (χ0) is 35.2. The number of carboxylic acids is 1. The van der Waals surface area contributed by atoms with Gasteiger partial charge < -0.3 is 30.5 Å². The van der Waals surface area contributed by atoms with Crippen molar-refractivity contribution in [3.63, 3.8) is 0 Å². The normalized spacial score (nSPS) is 33.6. The molecular formula is C34H42N2O12. The van der Waals surface area contributed by atoms with E-state index in [1.807, 2.05) is 6.92 Å². The van der Waals surface area contributed by atoms with E-state index in [4.69, 9.17) is 4.74 Å². The summed E-state index contributed by atoms with van der Waals surface area (Å²) in [6.07, 6.45) is 1.46. The summed E-state index contributed by atoms with van der Waals surface area (Å²) in [5.41, 5.74) is -2.56. The average molecular weight is 671 g/mol. The molecular weight excluding hydrogens is 628 g/mol. The molecule has 0 radical (unpaired) electrons.